The molecule has 20 heavy (non-hydrogen) atoms. The molecule has 0 spiro atoms. The Morgan fingerprint density at radius 2 is 2.00 bits per heavy atom. The highest BCUT2D eigenvalue weighted by Crippen LogP contribution is 2.32. The van der Waals surface area contributed by atoms with E-state index in [1.54, 1.807) is 30.7 Å². The molecule has 0 atom stereocenters. The van der Waals surface area contributed by atoms with Gasteiger partial charge in [-0.1, -0.05) is 23.7 Å². The predicted molar refractivity (Wildman–Crippen MR) is 78.6 cm³/mol. The van der Waals surface area contributed by atoms with Crippen molar-refractivity contribution in [3.63, 3.8) is 0 Å². The van der Waals surface area contributed by atoms with E-state index in [1.807, 2.05) is 18.2 Å². The van der Waals surface area contributed by atoms with Crippen molar-refractivity contribution >= 4 is 33.1 Å². The van der Waals surface area contributed by atoms with E-state index < -0.39 is 0 Å². The minimum Gasteiger partial charge on any atom is -0.278 e. The summed E-state index contributed by atoms with van der Waals surface area (Å²) in [6.07, 6.45) is 4.98. The number of hydrogen-bond donors (Lipinski definition) is 1. The normalized spacial score (nSPS) is 12.0. The summed E-state index contributed by atoms with van der Waals surface area (Å²) in [5, 5.41) is 17.6. The molecule has 2 heterocycles. The Morgan fingerprint density at radius 1 is 1.20 bits per heavy atom. The fourth-order valence-corrected chi connectivity index (χ4v) is 2.33. The van der Waals surface area contributed by atoms with Gasteiger partial charge in [-0.3, -0.25) is 10.1 Å². The van der Waals surface area contributed by atoms with Crippen LogP contribution in [0.4, 0.5) is 0 Å². The number of nitriles is 1. The van der Waals surface area contributed by atoms with Crippen molar-refractivity contribution in [1.29, 1.82) is 5.26 Å². The molecule has 0 amide bonds. The molecule has 0 radical (unpaired) electrons. The molecule has 1 N–H and O–H groups in total. The summed E-state index contributed by atoms with van der Waals surface area (Å²) < 4.78 is 0. The molecule has 0 fully saturated rings. The Balaban J connectivity index is 2.25. The van der Waals surface area contributed by atoms with Crippen LogP contribution in [0.3, 0.4) is 0 Å². The summed E-state index contributed by atoms with van der Waals surface area (Å²) in [5.74, 6) is 0. The van der Waals surface area contributed by atoms with Gasteiger partial charge in [-0.2, -0.15) is 10.4 Å². The molecule has 0 aliphatic heterocycles. The number of pyridine rings is 1. The molecule has 0 aliphatic rings. The van der Waals surface area contributed by atoms with Gasteiger partial charge in [0.15, 0.2) is 0 Å². The minimum atomic E-state index is 0.406. The zero-order chi connectivity index (χ0) is 13.9. The predicted octanol–water partition coefficient (Wildman–Crippen LogP) is 3.59. The summed E-state index contributed by atoms with van der Waals surface area (Å²) >= 11 is 6.37. The molecule has 0 saturated carbocycles. The largest absolute Gasteiger partial charge is 0.278 e. The van der Waals surface area contributed by atoms with Gasteiger partial charge >= 0.3 is 0 Å². The van der Waals surface area contributed by atoms with Crippen molar-refractivity contribution < 1.29 is 0 Å². The van der Waals surface area contributed by atoms with Crippen LogP contribution in [0, 0.1) is 11.3 Å². The van der Waals surface area contributed by atoms with Crippen LogP contribution in [-0.2, 0) is 0 Å². The van der Waals surface area contributed by atoms with E-state index in [9.17, 15) is 5.26 Å². The van der Waals surface area contributed by atoms with E-state index in [4.69, 9.17) is 11.6 Å². The highest BCUT2D eigenvalue weighted by Gasteiger charge is 2.13. The van der Waals surface area contributed by atoms with Crippen LogP contribution in [0.5, 0.6) is 0 Å². The Morgan fingerprint density at radius 3 is 2.75 bits per heavy atom. The van der Waals surface area contributed by atoms with Gasteiger partial charge in [-0.05, 0) is 23.8 Å². The van der Waals surface area contributed by atoms with Gasteiger partial charge in [-0.15, -0.1) is 0 Å². The number of aromatic nitrogens is 3. The van der Waals surface area contributed by atoms with Gasteiger partial charge in [0.1, 0.15) is 6.07 Å². The number of nitrogens with one attached hydrogen (secondary N) is 1. The SMILES string of the molecule is N#CC(=C(Cl)c1ccncc1)c1cccc2[nH]ncc12. The average molecular weight is 281 g/mol. The lowest BCUT2D eigenvalue weighted by molar-refractivity contribution is 1.12. The van der Waals surface area contributed by atoms with Crippen molar-refractivity contribution in [1.82, 2.24) is 15.2 Å². The molecule has 0 unspecified atom stereocenters. The number of rotatable bonds is 2. The Labute approximate surface area is 120 Å². The highest BCUT2D eigenvalue weighted by atomic mass is 35.5. The highest BCUT2D eigenvalue weighted by molar-refractivity contribution is 6.53. The van der Waals surface area contributed by atoms with Crippen LogP contribution >= 0.6 is 11.6 Å². The molecule has 96 valence electrons. The molecule has 3 rings (SSSR count). The van der Waals surface area contributed by atoms with Crippen LogP contribution in [0.2, 0.25) is 0 Å². The topological polar surface area (TPSA) is 65.4 Å². The standard InChI is InChI=1S/C15H9ClN4/c16-15(10-4-6-18-7-5-10)12(8-17)11-2-1-3-14-13(11)9-19-20-14/h1-7,9H,(H,19,20). The van der Waals surface area contributed by atoms with Crippen molar-refractivity contribution in [2.45, 2.75) is 0 Å². The average Bonchev–Trinajstić information content (AvgIpc) is 2.98. The number of benzene rings is 1. The Hall–Kier alpha value is -2.64. The van der Waals surface area contributed by atoms with Crippen LogP contribution < -0.4 is 0 Å². The second-order valence-corrected chi connectivity index (χ2v) is 4.55. The van der Waals surface area contributed by atoms with Gasteiger partial charge in [0.25, 0.3) is 0 Å². The maximum atomic E-state index is 9.47. The Bertz CT molecular complexity index is 828. The molecule has 3 aromatic rings. The fraction of sp³-hybridized carbons (Fsp3) is 0. The summed E-state index contributed by atoms with van der Waals surface area (Å²) in [4.78, 5) is 3.95. The third-order valence-electron chi connectivity index (χ3n) is 3.02. The van der Waals surface area contributed by atoms with Crippen LogP contribution in [-0.4, -0.2) is 15.2 Å². The van der Waals surface area contributed by atoms with Gasteiger partial charge in [-0.25, -0.2) is 0 Å². The van der Waals surface area contributed by atoms with Crippen LogP contribution in [0.15, 0.2) is 48.9 Å². The number of halogens is 1. The number of fused-ring (bicyclic) bond motifs is 1. The molecular formula is C15H9ClN4. The van der Waals surface area contributed by atoms with Crippen molar-refractivity contribution in [2.75, 3.05) is 0 Å². The summed E-state index contributed by atoms with van der Waals surface area (Å²) in [6, 6.07) is 11.4. The lowest BCUT2D eigenvalue weighted by atomic mass is 10.0. The molecule has 4 nitrogen and oxygen atoms in total. The van der Waals surface area contributed by atoms with E-state index in [-0.39, 0.29) is 0 Å². The van der Waals surface area contributed by atoms with E-state index in [0.717, 1.165) is 22.0 Å². The summed E-state index contributed by atoms with van der Waals surface area (Å²) in [7, 11) is 0. The maximum absolute atomic E-state index is 9.47. The number of hydrogen-bond acceptors (Lipinski definition) is 3. The van der Waals surface area contributed by atoms with E-state index in [1.165, 1.54) is 0 Å². The second kappa shape index (κ2) is 5.16. The Kier molecular flexibility index (Phi) is 3.20. The number of aromatic amines is 1. The molecule has 0 bridgehead atoms. The van der Waals surface area contributed by atoms with Gasteiger partial charge < -0.3 is 0 Å². The summed E-state index contributed by atoms with van der Waals surface area (Å²) in [5.41, 5.74) is 2.82. The lowest BCUT2D eigenvalue weighted by Crippen LogP contribution is -1.87. The van der Waals surface area contributed by atoms with Crippen LogP contribution in [0.1, 0.15) is 11.1 Å². The minimum absolute atomic E-state index is 0.406. The van der Waals surface area contributed by atoms with E-state index >= 15 is 0 Å². The first-order chi connectivity index (χ1) is 9.81. The first-order valence-corrected chi connectivity index (χ1v) is 6.32. The van der Waals surface area contributed by atoms with Crippen molar-refractivity contribution in [3.05, 3.63) is 60.0 Å². The van der Waals surface area contributed by atoms with Gasteiger partial charge in [0.05, 0.1) is 22.3 Å². The zero-order valence-corrected chi connectivity index (χ0v) is 11.1. The molecule has 2 aromatic heterocycles. The molecule has 0 aliphatic carbocycles. The van der Waals surface area contributed by atoms with E-state index in [2.05, 4.69) is 21.3 Å². The number of allylic oxidation sites excluding steroid dienone is 1. The molecule has 1 aromatic carbocycles. The van der Waals surface area contributed by atoms with Gasteiger partial charge in [0.2, 0.25) is 0 Å². The molecule has 5 heteroatoms. The number of H-pyrrole nitrogens is 1. The first kappa shape index (κ1) is 12.4. The monoisotopic (exact) mass is 280 g/mol. The fourth-order valence-electron chi connectivity index (χ4n) is 2.06. The van der Waals surface area contributed by atoms with Gasteiger partial charge in [0, 0.05) is 23.3 Å². The molecular weight excluding hydrogens is 272 g/mol. The first-order valence-electron chi connectivity index (χ1n) is 5.94. The van der Waals surface area contributed by atoms with Crippen LogP contribution in [0.25, 0.3) is 21.5 Å². The molecule has 0 saturated heterocycles. The number of nitrogens with zero attached hydrogens (tertiary/aromatic N) is 3. The lowest BCUT2D eigenvalue weighted by Gasteiger charge is -2.05. The quantitative estimate of drug-likeness (QED) is 0.730. The van der Waals surface area contributed by atoms with Crippen molar-refractivity contribution in [3.8, 4) is 6.07 Å². The third-order valence-corrected chi connectivity index (χ3v) is 3.43. The maximum Gasteiger partial charge on any atom is 0.101 e. The summed E-state index contributed by atoms with van der Waals surface area (Å²) in [6.45, 7) is 0. The second-order valence-electron chi connectivity index (χ2n) is 4.17. The zero-order valence-electron chi connectivity index (χ0n) is 10.3. The van der Waals surface area contributed by atoms with E-state index in [0.29, 0.717) is 10.6 Å². The third kappa shape index (κ3) is 2.04. The smallest absolute Gasteiger partial charge is 0.101 e. The van der Waals surface area contributed by atoms with Crippen molar-refractivity contribution in [2.24, 2.45) is 0 Å².